The molecule has 0 fully saturated rings. The average Bonchev–Trinajstić information content (AvgIpc) is 3.33. The van der Waals surface area contributed by atoms with Crippen LogP contribution in [0.25, 0.3) is 0 Å². The van der Waals surface area contributed by atoms with Crippen molar-refractivity contribution in [2.45, 2.75) is 23.9 Å². The molecule has 1 atom stereocenters. The minimum Gasteiger partial charge on any atom is -0.497 e. The fourth-order valence-electron chi connectivity index (χ4n) is 3.93. The Labute approximate surface area is 187 Å². The second kappa shape index (κ2) is 9.40. The normalized spacial score (nSPS) is 15.3. The summed E-state index contributed by atoms with van der Waals surface area (Å²) < 4.78 is 39.7. The van der Waals surface area contributed by atoms with Gasteiger partial charge in [-0.15, -0.1) is 11.3 Å². The van der Waals surface area contributed by atoms with Crippen LogP contribution in [0.4, 0.5) is 0 Å². The Kier molecular flexibility index (Phi) is 6.62. The van der Waals surface area contributed by atoms with Gasteiger partial charge < -0.3 is 9.47 Å². The molecule has 3 aromatic rings. The lowest BCUT2D eigenvalue weighted by molar-refractivity contribution is 0.183. The summed E-state index contributed by atoms with van der Waals surface area (Å²) in [4.78, 5) is 3.56. The van der Waals surface area contributed by atoms with Crippen LogP contribution in [-0.2, 0) is 23.0 Å². The second-order valence-corrected chi connectivity index (χ2v) is 10.1. The van der Waals surface area contributed by atoms with Crippen molar-refractivity contribution < 1.29 is 17.9 Å². The monoisotopic (exact) mass is 458 g/mol. The van der Waals surface area contributed by atoms with Crippen molar-refractivity contribution in [3.05, 3.63) is 76.0 Å². The number of nitrogens with zero attached hydrogens (tertiary/aromatic N) is 1. The summed E-state index contributed by atoms with van der Waals surface area (Å²) in [6.45, 7) is 1.94. The molecule has 2 aromatic carbocycles. The zero-order chi connectivity index (χ0) is 21.8. The van der Waals surface area contributed by atoms with E-state index in [0.29, 0.717) is 5.75 Å². The van der Waals surface area contributed by atoms with E-state index >= 15 is 0 Å². The molecule has 2 heterocycles. The molecule has 0 saturated heterocycles. The van der Waals surface area contributed by atoms with Gasteiger partial charge in [0, 0.05) is 30.6 Å². The van der Waals surface area contributed by atoms with E-state index < -0.39 is 10.0 Å². The molecule has 1 aromatic heterocycles. The Hall–Kier alpha value is -2.39. The molecule has 4 rings (SSSR count). The van der Waals surface area contributed by atoms with E-state index in [2.05, 4.69) is 40.0 Å². The second-order valence-electron chi connectivity index (χ2n) is 7.39. The molecule has 6 nitrogen and oxygen atoms in total. The van der Waals surface area contributed by atoms with E-state index in [-0.39, 0.29) is 23.2 Å². The van der Waals surface area contributed by atoms with Crippen molar-refractivity contribution in [1.82, 2.24) is 9.62 Å². The van der Waals surface area contributed by atoms with Gasteiger partial charge >= 0.3 is 0 Å². The van der Waals surface area contributed by atoms with Crippen LogP contribution < -0.4 is 14.2 Å². The highest BCUT2D eigenvalue weighted by Gasteiger charge is 2.28. The number of thiophene rings is 1. The van der Waals surface area contributed by atoms with E-state index in [1.165, 1.54) is 31.4 Å². The molecule has 0 aliphatic carbocycles. The van der Waals surface area contributed by atoms with Gasteiger partial charge in [-0.3, -0.25) is 4.90 Å². The number of methoxy groups -OCH3 is 2. The van der Waals surface area contributed by atoms with Crippen molar-refractivity contribution in [1.29, 1.82) is 0 Å². The minimum atomic E-state index is -3.80. The SMILES string of the molecule is COc1ccc(OC)c(S(=O)(=O)NC[C@@H](c2cccs2)N2CCc3ccccc3C2)c1. The van der Waals surface area contributed by atoms with Crippen molar-refractivity contribution in [2.75, 3.05) is 27.3 Å². The van der Waals surface area contributed by atoms with E-state index in [1.807, 2.05) is 11.4 Å². The lowest BCUT2D eigenvalue weighted by Gasteiger charge is -2.35. The third-order valence-electron chi connectivity index (χ3n) is 5.60. The van der Waals surface area contributed by atoms with Crippen molar-refractivity contribution >= 4 is 21.4 Å². The van der Waals surface area contributed by atoms with Gasteiger partial charge in [0.05, 0.1) is 20.3 Å². The molecule has 0 saturated carbocycles. The Morgan fingerprint density at radius 2 is 1.87 bits per heavy atom. The summed E-state index contributed by atoms with van der Waals surface area (Å²) >= 11 is 1.64. The summed E-state index contributed by atoms with van der Waals surface area (Å²) in [6, 6.07) is 17.2. The Morgan fingerprint density at radius 3 is 2.58 bits per heavy atom. The first kappa shape index (κ1) is 21.8. The van der Waals surface area contributed by atoms with Crippen molar-refractivity contribution in [2.24, 2.45) is 0 Å². The first-order valence-electron chi connectivity index (χ1n) is 10.1. The Balaban J connectivity index is 1.58. The number of hydrogen-bond acceptors (Lipinski definition) is 6. The first-order chi connectivity index (χ1) is 15.0. The fourth-order valence-corrected chi connectivity index (χ4v) is 6.02. The number of ether oxygens (including phenoxy) is 2. The van der Waals surface area contributed by atoms with Gasteiger partial charge in [0.25, 0.3) is 0 Å². The number of sulfonamides is 1. The first-order valence-corrected chi connectivity index (χ1v) is 12.4. The molecule has 0 radical (unpaired) electrons. The van der Waals surface area contributed by atoms with Gasteiger partial charge in [-0.2, -0.15) is 0 Å². The third kappa shape index (κ3) is 4.77. The summed E-state index contributed by atoms with van der Waals surface area (Å²) in [5.41, 5.74) is 2.66. The smallest absolute Gasteiger partial charge is 0.244 e. The molecule has 0 amide bonds. The van der Waals surface area contributed by atoms with Crippen LogP contribution in [0, 0.1) is 0 Å². The zero-order valence-corrected chi connectivity index (χ0v) is 19.2. The standard InChI is InChI=1S/C23H26N2O4S2/c1-28-19-9-10-21(29-2)23(14-19)31(26,27)24-15-20(22-8-5-13-30-22)25-12-11-17-6-3-4-7-18(17)16-25/h3-10,13-14,20,24H,11-12,15-16H2,1-2H3/t20-/m0/s1. The maximum Gasteiger partial charge on any atom is 0.244 e. The van der Waals surface area contributed by atoms with E-state index in [0.717, 1.165) is 24.4 Å². The predicted molar refractivity (Wildman–Crippen MR) is 122 cm³/mol. The van der Waals surface area contributed by atoms with Crippen LogP contribution in [0.3, 0.4) is 0 Å². The molecule has 0 spiro atoms. The van der Waals surface area contributed by atoms with E-state index in [1.54, 1.807) is 23.5 Å². The van der Waals surface area contributed by atoms with Crippen LogP contribution in [0.1, 0.15) is 22.0 Å². The van der Waals surface area contributed by atoms with Gasteiger partial charge in [-0.1, -0.05) is 30.3 Å². The zero-order valence-electron chi connectivity index (χ0n) is 17.6. The highest BCUT2D eigenvalue weighted by Crippen LogP contribution is 2.32. The fraction of sp³-hybridized carbons (Fsp3) is 0.304. The molecule has 164 valence electrons. The Bertz CT molecular complexity index is 1130. The predicted octanol–water partition coefficient (Wildman–Crippen LogP) is 3.84. The van der Waals surface area contributed by atoms with Crippen molar-refractivity contribution in [3.8, 4) is 11.5 Å². The molecular formula is C23H26N2O4S2. The minimum absolute atomic E-state index is 0.0558. The lowest BCUT2D eigenvalue weighted by atomic mass is 9.98. The van der Waals surface area contributed by atoms with Gasteiger partial charge in [0.1, 0.15) is 16.4 Å². The van der Waals surface area contributed by atoms with E-state index in [9.17, 15) is 8.42 Å². The van der Waals surface area contributed by atoms with Crippen LogP contribution >= 0.6 is 11.3 Å². The van der Waals surface area contributed by atoms with Gasteiger partial charge in [-0.05, 0) is 41.1 Å². The highest BCUT2D eigenvalue weighted by molar-refractivity contribution is 7.89. The third-order valence-corrected chi connectivity index (χ3v) is 8.02. The highest BCUT2D eigenvalue weighted by atomic mass is 32.2. The van der Waals surface area contributed by atoms with Crippen LogP contribution in [0.15, 0.2) is 64.9 Å². The van der Waals surface area contributed by atoms with Gasteiger partial charge in [-0.25, -0.2) is 13.1 Å². The average molecular weight is 459 g/mol. The van der Waals surface area contributed by atoms with Gasteiger partial charge in [0.15, 0.2) is 0 Å². The molecule has 1 aliphatic rings. The summed E-state index contributed by atoms with van der Waals surface area (Å²) in [5, 5.41) is 2.03. The molecule has 31 heavy (non-hydrogen) atoms. The lowest BCUT2D eigenvalue weighted by Crippen LogP contribution is -2.40. The number of benzene rings is 2. The molecule has 0 bridgehead atoms. The number of hydrogen-bond donors (Lipinski definition) is 1. The number of fused-ring (bicyclic) bond motifs is 1. The summed E-state index contributed by atoms with van der Waals surface area (Å²) in [6.07, 6.45) is 0.953. The largest absolute Gasteiger partial charge is 0.497 e. The number of nitrogens with one attached hydrogen (secondary N) is 1. The van der Waals surface area contributed by atoms with Crippen LogP contribution in [0.2, 0.25) is 0 Å². The summed E-state index contributed by atoms with van der Waals surface area (Å²) in [7, 11) is -0.833. The molecular weight excluding hydrogens is 432 g/mol. The maximum atomic E-state index is 13.2. The summed E-state index contributed by atoms with van der Waals surface area (Å²) in [5.74, 6) is 0.747. The van der Waals surface area contributed by atoms with Crippen LogP contribution in [0.5, 0.6) is 11.5 Å². The molecule has 8 heteroatoms. The van der Waals surface area contributed by atoms with E-state index in [4.69, 9.17) is 9.47 Å². The Morgan fingerprint density at radius 1 is 1.06 bits per heavy atom. The quantitative estimate of drug-likeness (QED) is 0.556. The van der Waals surface area contributed by atoms with Crippen LogP contribution in [-0.4, -0.2) is 40.6 Å². The topological polar surface area (TPSA) is 67.9 Å². The molecule has 1 aliphatic heterocycles. The van der Waals surface area contributed by atoms with Crippen molar-refractivity contribution in [3.63, 3.8) is 0 Å². The number of rotatable bonds is 8. The molecule has 0 unspecified atom stereocenters. The molecule has 1 N–H and O–H groups in total. The maximum absolute atomic E-state index is 13.2. The van der Waals surface area contributed by atoms with Gasteiger partial charge in [0.2, 0.25) is 10.0 Å².